The molecule has 3 N–H and O–H groups in total. The zero-order chi connectivity index (χ0) is 17.9. The van der Waals surface area contributed by atoms with Crippen molar-refractivity contribution in [1.29, 1.82) is 0 Å². The van der Waals surface area contributed by atoms with Gasteiger partial charge in [0.15, 0.2) is 11.9 Å². The van der Waals surface area contributed by atoms with Crippen molar-refractivity contribution in [3.8, 4) is 0 Å². The van der Waals surface area contributed by atoms with Gasteiger partial charge in [-0.3, -0.25) is 19.6 Å². The molecule has 0 bridgehead atoms. The van der Waals surface area contributed by atoms with E-state index in [4.69, 9.17) is 5.73 Å². The molecule has 1 aromatic carbocycles. The molecule has 24 heavy (non-hydrogen) atoms. The number of likely N-dealkylation sites (tertiary alicyclic amines) is 1. The second-order valence-corrected chi connectivity index (χ2v) is 6.34. The van der Waals surface area contributed by atoms with Crippen LogP contribution >= 0.6 is 0 Å². The first-order valence-electron chi connectivity index (χ1n) is 7.97. The molecule has 130 valence electrons. The highest BCUT2D eigenvalue weighted by atomic mass is 16.5. The van der Waals surface area contributed by atoms with Crippen molar-refractivity contribution in [3.63, 3.8) is 0 Å². The summed E-state index contributed by atoms with van der Waals surface area (Å²) < 4.78 is 0. The highest BCUT2D eigenvalue weighted by Gasteiger charge is 2.51. The number of nitrogens with two attached hydrogens (primary N) is 1. The minimum Gasteiger partial charge on any atom is -0.320 e. The molecule has 2 atom stereocenters. The topological polar surface area (TPSA) is 104 Å². The molecule has 0 aromatic heterocycles. The second kappa shape index (κ2) is 7.11. The van der Waals surface area contributed by atoms with Crippen LogP contribution < -0.4 is 5.73 Å². The van der Waals surface area contributed by atoms with Gasteiger partial charge in [-0.2, -0.15) is 5.06 Å². The van der Waals surface area contributed by atoms with Crippen LogP contribution in [0.5, 0.6) is 0 Å². The fourth-order valence-electron chi connectivity index (χ4n) is 2.86. The molecule has 7 nitrogen and oxygen atoms in total. The van der Waals surface area contributed by atoms with E-state index in [1.54, 1.807) is 32.0 Å². The van der Waals surface area contributed by atoms with Crippen molar-refractivity contribution >= 4 is 18.1 Å². The molecule has 1 aromatic rings. The number of amides is 2. The van der Waals surface area contributed by atoms with Gasteiger partial charge in [0.25, 0.3) is 5.91 Å². The van der Waals surface area contributed by atoms with E-state index in [1.807, 2.05) is 0 Å². The van der Waals surface area contributed by atoms with Crippen molar-refractivity contribution in [2.45, 2.75) is 38.4 Å². The molecular formula is C17H23N3O4. The molecule has 1 heterocycles. The minimum absolute atomic E-state index is 0.126. The highest BCUT2D eigenvalue weighted by Crippen LogP contribution is 2.32. The van der Waals surface area contributed by atoms with Gasteiger partial charge in [-0.1, -0.05) is 32.0 Å². The lowest BCUT2D eigenvalue weighted by Gasteiger charge is -2.40. The predicted octanol–water partition coefficient (Wildman–Crippen LogP) is 1.02. The van der Waals surface area contributed by atoms with Gasteiger partial charge in [0.2, 0.25) is 5.91 Å². The Balaban J connectivity index is 2.34. The van der Waals surface area contributed by atoms with E-state index < -0.39 is 23.5 Å². The monoisotopic (exact) mass is 333 g/mol. The predicted molar refractivity (Wildman–Crippen MR) is 87.0 cm³/mol. The molecule has 1 aliphatic rings. The summed E-state index contributed by atoms with van der Waals surface area (Å²) in [6.45, 7) is 3.86. The minimum atomic E-state index is -1.71. The quantitative estimate of drug-likeness (QED) is 0.475. The van der Waals surface area contributed by atoms with Crippen molar-refractivity contribution in [1.82, 2.24) is 9.96 Å². The molecule has 0 spiro atoms. The van der Waals surface area contributed by atoms with E-state index >= 15 is 0 Å². The van der Waals surface area contributed by atoms with Gasteiger partial charge in [-0.15, -0.1) is 0 Å². The van der Waals surface area contributed by atoms with Gasteiger partial charge in [-0.25, -0.2) is 0 Å². The van der Waals surface area contributed by atoms with E-state index in [2.05, 4.69) is 0 Å². The summed E-state index contributed by atoms with van der Waals surface area (Å²) in [6.07, 6.45) is 1.11. The van der Waals surface area contributed by atoms with Crippen LogP contribution in [0.1, 0.15) is 37.0 Å². The van der Waals surface area contributed by atoms with Gasteiger partial charge in [0.05, 0.1) is 6.04 Å². The van der Waals surface area contributed by atoms with Crippen LogP contribution in [0.25, 0.3) is 0 Å². The van der Waals surface area contributed by atoms with Crippen LogP contribution in [0.3, 0.4) is 0 Å². The van der Waals surface area contributed by atoms with Crippen LogP contribution in [-0.2, 0) is 9.59 Å². The first kappa shape index (κ1) is 18.1. The zero-order valence-corrected chi connectivity index (χ0v) is 13.9. The molecule has 0 unspecified atom stereocenters. The smallest absolute Gasteiger partial charge is 0.279 e. The molecule has 1 saturated heterocycles. The number of nitrogens with zero attached hydrogens (tertiary/aromatic N) is 2. The van der Waals surface area contributed by atoms with Crippen molar-refractivity contribution in [3.05, 3.63) is 35.9 Å². The molecular weight excluding hydrogens is 310 g/mol. The van der Waals surface area contributed by atoms with Crippen LogP contribution in [0.2, 0.25) is 0 Å². The molecule has 0 radical (unpaired) electrons. The van der Waals surface area contributed by atoms with E-state index in [1.165, 1.54) is 17.0 Å². The lowest BCUT2D eigenvalue weighted by atomic mass is 10.0. The van der Waals surface area contributed by atoms with Crippen molar-refractivity contribution in [2.24, 2.45) is 11.7 Å². The Hall–Kier alpha value is -2.25. The first-order valence-corrected chi connectivity index (χ1v) is 7.97. The summed E-state index contributed by atoms with van der Waals surface area (Å²) in [4.78, 5) is 38.2. The summed E-state index contributed by atoms with van der Waals surface area (Å²) in [6, 6.07) is 7.31. The standard InChI is InChI=1S/C17H23N3O4/c1-12(2)14(18)16(23)19-10-6-9-17(19,11-21)20(24)15(22)13-7-4-3-5-8-13/h3-5,7-8,11-12,14,24H,6,9-10,18H2,1-2H3/t14-,17+/m0/s1. The highest BCUT2D eigenvalue weighted by molar-refractivity contribution is 5.97. The molecule has 1 aliphatic heterocycles. The molecule has 0 saturated carbocycles. The lowest BCUT2D eigenvalue weighted by molar-refractivity contribution is -0.187. The molecule has 7 heteroatoms. The van der Waals surface area contributed by atoms with Crippen LogP contribution in [0.4, 0.5) is 0 Å². The first-order chi connectivity index (χ1) is 11.3. The average Bonchev–Trinajstić information content (AvgIpc) is 3.04. The number of benzene rings is 1. The Morgan fingerprint density at radius 3 is 2.50 bits per heavy atom. The normalized spacial score (nSPS) is 21.6. The van der Waals surface area contributed by atoms with Crippen molar-refractivity contribution in [2.75, 3.05) is 6.54 Å². The SMILES string of the molecule is CC(C)[C@H](N)C(=O)N1CCC[C@]1(C=O)N(O)C(=O)c1ccccc1. The Labute approximate surface area is 141 Å². The molecule has 2 rings (SSSR count). The number of carbonyl (C=O) groups excluding carboxylic acids is 3. The summed E-state index contributed by atoms with van der Waals surface area (Å²) in [5, 5.41) is 10.8. The Bertz CT molecular complexity index is 620. The van der Waals surface area contributed by atoms with Gasteiger partial charge in [0, 0.05) is 18.5 Å². The largest absolute Gasteiger partial charge is 0.320 e. The molecule has 0 aliphatic carbocycles. The van der Waals surface area contributed by atoms with Gasteiger partial charge in [-0.05, 0) is 24.5 Å². The summed E-state index contributed by atoms with van der Waals surface area (Å²) in [5.74, 6) is -1.31. The number of hydroxylamine groups is 2. The van der Waals surface area contributed by atoms with Crippen LogP contribution in [0.15, 0.2) is 30.3 Å². The molecule has 2 amide bonds. The fourth-order valence-corrected chi connectivity index (χ4v) is 2.86. The third kappa shape index (κ3) is 3.05. The third-order valence-electron chi connectivity index (χ3n) is 4.43. The summed E-state index contributed by atoms with van der Waals surface area (Å²) >= 11 is 0. The number of rotatable bonds is 5. The third-order valence-corrected chi connectivity index (χ3v) is 4.43. The zero-order valence-electron chi connectivity index (χ0n) is 13.9. The fraction of sp³-hybridized carbons (Fsp3) is 0.471. The van der Waals surface area contributed by atoms with E-state index in [9.17, 15) is 19.6 Å². The van der Waals surface area contributed by atoms with E-state index in [0.29, 0.717) is 17.8 Å². The Morgan fingerprint density at radius 1 is 1.33 bits per heavy atom. The number of hydrogen-bond acceptors (Lipinski definition) is 5. The van der Waals surface area contributed by atoms with Gasteiger partial charge in [0.1, 0.15) is 0 Å². The van der Waals surface area contributed by atoms with E-state index in [0.717, 1.165) is 0 Å². The number of hydrogen-bond donors (Lipinski definition) is 2. The maximum absolute atomic E-state index is 12.6. The number of carbonyl (C=O) groups is 3. The second-order valence-electron chi connectivity index (χ2n) is 6.34. The average molecular weight is 333 g/mol. The van der Waals surface area contributed by atoms with Crippen LogP contribution in [0, 0.1) is 5.92 Å². The lowest BCUT2D eigenvalue weighted by Crippen LogP contribution is -2.63. The Kier molecular flexibility index (Phi) is 5.36. The summed E-state index contributed by atoms with van der Waals surface area (Å²) in [7, 11) is 0. The van der Waals surface area contributed by atoms with E-state index in [-0.39, 0.29) is 24.4 Å². The van der Waals surface area contributed by atoms with Crippen LogP contribution in [-0.4, -0.2) is 51.5 Å². The summed E-state index contributed by atoms with van der Waals surface area (Å²) in [5.41, 5.74) is 4.43. The number of aldehydes is 1. The van der Waals surface area contributed by atoms with Crippen molar-refractivity contribution < 1.29 is 19.6 Å². The maximum Gasteiger partial charge on any atom is 0.279 e. The Morgan fingerprint density at radius 2 is 1.96 bits per heavy atom. The maximum atomic E-state index is 12.6. The van der Waals surface area contributed by atoms with Gasteiger partial charge < -0.3 is 10.6 Å². The van der Waals surface area contributed by atoms with Gasteiger partial charge >= 0.3 is 0 Å². The molecule has 1 fully saturated rings.